The third kappa shape index (κ3) is 2.27. The number of nitrogens with one attached hydrogen (secondary N) is 2. The van der Waals surface area contributed by atoms with E-state index in [0.717, 1.165) is 6.42 Å². The SMILES string of the molecule is NS(=O)(=O)c1cccc2c1[nH]c1ncnc(NN3CCCC3=O)c12. The molecule has 2 aromatic heterocycles. The summed E-state index contributed by atoms with van der Waals surface area (Å²) < 4.78 is 23.6. The van der Waals surface area contributed by atoms with Crippen LogP contribution in [0.1, 0.15) is 12.8 Å². The number of aromatic nitrogens is 3. The molecule has 9 nitrogen and oxygen atoms in total. The average molecular weight is 346 g/mol. The number of rotatable bonds is 3. The molecule has 1 aromatic carbocycles. The summed E-state index contributed by atoms with van der Waals surface area (Å²) >= 11 is 0. The topological polar surface area (TPSA) is 134 Å². The second kappa shape index (κ2) is 5.14. The highest BCUT2D eigenvalue weighted by Crippen LogP contribution is 2.32. The van der Waals surface area contributed by atoms with E-state index in [1.54, 1.807) is 12.1 Å². The predicted molar refractivity (Wildman–Crippen MR) is 87.3 cm³/mol. The molecule has 4 N–H and O–H groups in total. The molecule has 0 saturated carbocycles. The number of aromatic amines is 1. The number of carbonyl (C=O) groups is 1. The minimum absolute atomic E-state index is 0.00757. The molecule has 24 heavy (non-hydrogen) atoms. The van der Waals surface area contributed by atoms with Gasteiger partial charge in [-0.25, -0.2) is 23.5 Å². The number of fused-ring (bicyclic) bond motifs is 3. The number of sulfonamides is 1. The fourth-order valence-electron chi connectivity index (χ4n) is 2.94. The van der Waals surface area contributed by atoms with Gasteiger partial charge in [-0.15, -0.1) is 0 Å². The Bertz CT molecular complexity index is 1070. The number of primary sulfonamides is 1. The lowest BCUT2D eigenvalue weighted by Crippen LogP contribution is -2.31. The fraction of sp³-hybridized carbons (Fsp3) is 0.214. The Morgan fingerprint density at radius 1 is 1.29 bits per heavy atom. The lowest BCUT2D eigenvalue weighted by atomic mass is 10.2. The van der Waals surface area contributed by atoms with Crippen molar-refractivity contribution < 1.29 is 13.2 Å². The molecular formula is C14H14N6O3S. The fourth-order valence-corrected chi connectivity index (χ4v) is 3.65. The first-order chi connectivity index (χ1) is 11.4. The highest BCUT2D eigenvalue weighted by Gasteiger charge is 2.23. The number of benzene rings is 1. The zero-order valence-corrected chi connectivity index (χ0v) is 13.3. The van der Waals surface area contributed by atoms with Gasteiger partial charge in [-0.1, -0.05) is 12.1 Å². The van der Waals surface area contributed by atoms with Crippen LogP contribution >= 0.6 is 0 Å². The Labute approximate surface area is 136 Å². The molecule has 0 spiro atoms. The van der Waals surface area contributed by atoms with Crippen molar-refractivity contribution in [2.24, 2.45) is 5.14 Å². The predicted octanol–water partition coefficient (Wildman–Crippen LogP) is 0.708. The molecule has 1 aliphatic heterocycles. The van der Waals surface area contributed by atoms with Crippen LogP contribution in [0.25, 0.3) is 21.9 Å². The van der Waals surface area contributed by atoms with Crippen molar-refractivity contribution in [2.45, 2.75) is 17.7 Å². The smallest absolute Gasteiger partial charge is 0.241 e. The maximum Gasteiger partial charge on any atom is 0.241 e. The van der Waals surface area contributed by atoms with Gasteiger partial charge in [0.25, 0.3) is 0 Å². The maximum absolute atomic E-state index is 11.8. The summed E-state index contributed by atoms with van der Waals surface area (Å²) in [6, 6.07) is 4.79. The minimum Gasteiger partial charge on any atom is -0.338 e. The van der Waals surface area contributed by atoms with Crippen molar-refractivity contribution in [1.29, 1.82) is 0 Å². The number of nitrogens with two attached hydrogens (primary N) is 1. The summed E-state index contributed by atoms with van der Waals surface area (Å²) in [7, 11) is -3.89. The number of hydrogen-bond donors (Lipinski definition) is 3. The van der Waals surface area contributed by atoms with Gasteiger partial charge in [0.05, 0.1) is 10.9 Å². The average Bonchev–Trinajstić information content (AvgIpc) is 3.10. The van der Waals surface area contributed by atoms with Gasteiger partial charge in [0.1, 0.15) is 16.9 Å². The third-order valence-corrected chi connectivity index (χ3v) is 4.96. The van der Waals surface area contributed by atoms with Crippen LogP contribution in [0.3, 0.4) is 0 Å². The molecule has 10 heteroatoms. The number of nitrogens with zero attached hydrogens (tertiary/aromatic N) is 3. The molecule has 1 amide bonds. The summed E-state index contributed by atoms with van der Waals surface area (Å²) in [5, 5.41) is 8.01. The Balaban J connectivity index is 1.95. The summed E-state index contributed by atoms with van der Waals surface area (Å²) in [6.07, 6.45) is 2.62. The third-order valence-electron chi connectivity index (χ3n) is 4.01. The van der Waals surface area contributed by atoms with Crippen LogP contribution in [0.15, 0.2) is 29.4 Å². The lowest BCUT2D eigenvalue weighted by molar-refractivity contribution is -0.126. The molecule has 4 rings (SSSR count). The standard InChI is InChI=1S/C14H14N6O3S/c15-24(22,23)9-4-1-3-8-11-13(18-12(8)9)16-7-17-14(11)19-20-6-2-5-10(20)21/h1,3-4,7H,2,5-6H2,(H2,15,22,23)(H2,16,17,18,19). The largest absolute Gasteiger partial charge is 0.338 e. The second-order valence-electron chi connectivity index (χ2n) is 5.56. The molecule has 0 atom stereocenters. The van der Waals surface area contributed by atoms with Gasteiger partial charge < -0.3 is 4.98 Å². The van der Waals surface area contributed by atoms with Crippen molar-refractivity contribution in [3.05, 3.63) is 24.5 Å². The van der Waals surface area contributed by atoms with E-state index in [-0.39, 0.29) is 10.8 Å². The van der Waals surface area contributed by atoms with Gasteiger partial charge in [-0.05, 0) is 12.5 Å². The van der Waals surface area contributed by atoms with Gasteiger partial charge in [-0.3, -0.25) is 15.2 Å². The molecule has 1 aliphatic rings. The van der Waals surface area contributed by atoms with Crippen molar-refractivity contribution >= 4 is 43.7 Å². The zero-order chi connectivity index (χ0) is 16.9. The van der Waals surface area contributed by atoms with Gasteiger partial charge in [-0.2, -0.15) is 0 Å². The highest BCUT2D eigenvalue weighted by molar-refractivity contribution is 7.89. The summed E-state index contributed by atoms with van der Waals surface area (Å²) in [5.41, 5.74) is 3.83. The second-order valence-corrected chi connectivity index (χ2v) is 7.09. The first kappa shape index (κ1) is 14.8. The van der Waals surface area contributed by atoms with Gasteiger partial charge in [0.2, 0.25) is 15.9 Å². The van der Waals surface area contributed by atoms with E-state index in [1.807, 2.05) is 0 Å². The first-order valence-corrected chi connectivity index (χ1v) is 8.85. The van der Waals surface area contributed by atoms with E-state index in [0.29, 0.717) is 40.7 Å². The molecule has 3 aromatic rings. The first-order valence-electron chi connectivity index (χ1n) is 7.30. The normalized spacial score (nSPS) is 15.5. The molecule has 3 heterocycles. The zero-order valence-electron chi connectivity index (χ0n) is 12.5. The Morgan fingerprint density at radius 2 is 2.12 bits per heavy atom. The van der Waals surface area contributed by atoms with Gasteiger partial charge in [0.15, 0.2) is 5.82 Å². The Morgan fingerprint density at radius 3 is 2.83 bits per heavy atom. The Kier molecular flexibility index (Phi) is 3.18. The van der Waals surface area contributed by atoms with E-state index in [4.69, 9.17) is 5.14 Å². The van der Waals surface area contributed by atoms with Gasteiger partial charge in [0, 0.05) is 18.4 Å². The van der Waals surface area contributed by atoms with E-state index in [2.05, 4.69) is 20.4 Å². The Hall–Kier alpha value is -2.72. The summed E-state index contributed by atoms with van der Waals surface area (Å²) in [6.45, 7) is 0.592. The van der Waals surface area contributed by atoms with Crippen molar-refractivity contribution in [3.63, 3.8) is 0 Å². The number of H-pyrrole nitrogens is 1. The van der Waals surface area contributed by atoms with Crippen LogP contribution in [-0.4, -0.2) is 40.8 Å². The van der Waals surface area contributed by atoms with Crippen LogP contribution in [0.2, 0.25) is 0 Å². The molecule has 0 unspecified atom stereocenters. The van der Waals surface area contributed by atoms with Crippen LogP contribution in [-0.2, 0) is 14.8 Å². The van der Waals surface area contributed by atoms with Crippen molar-refractivity contribution in [2.75, 3.05) is 12.0 Å². The number of amides is 1. The van der Waals surface area contributed by atoms with Gasteiger partial charge >= 0.3 is 0 Å². The highest BCUT2D eigenvalue weighted by atomic mass is 32.2. The number of hydrogen-bond acceptors (Lipinski definition) is 6. The monoisotopic (exact) mass is 346 g/mol. The van der Waals surface area contributed by atoms with Crippen molar-refractivity contribution in [1.82, 2.24) is 20.0 Å². The van der Waals surface area contributed by atoms with Crippen LogP contribution < -0.4 is 10.6 Å². The number of para-hydroxylation sites is 1. The van der Waals surface area contributed by atoms with Crippen molar-refractivity contribution in [3.8, 4) is 0 Å². The minimum atomic E-state index is -3.89. The van der Waals surface area contributed by atoms with Crippen LogP contribution in [0, 0.1) is 0 Å². The van der Waals surface area contributed by atoms with Crippen LogP contribution in [0.4, 0.5) is 5.82 Å². The number of anilines is 1. The molecule has 0 aliphatic carbocycles. The quantitative estimate of drug-likeness (QED) is 0.639. The molecule has 1 fully saturated rings. The lowest BCUT2D eigenvalue weighted by Gasteiger charge is -2.17. The summed E-state index contributed by atoms with van der Waals surface area (Å²) in [4.78, 5) is 23.1. The number of hydrazine groups is 1. The summed E-state index contributed by atoms with van der Waals surface area (Å²) in [5.74, 6) is 0.430. The van der Waals surface area contributed by atoms with E-state index < -0.39 is 10.0 Å². The molecular weight excluding hydrogens is 332 g/mol. The number of carbonyl (C=O) groups excluding carboxylic acids is 1. The molecule has 1 saturated heterocycles. The van der Waals surface area contributed by atoms with E-state index in [1.165, 1.54) is 17.4 Å². The maximum atomic E-state index is 11.8. The van der Waals surface area contributed by atoms with E-state index >= 15 is 0 Å². The molecule has 124 valence electrons. The van der Waals surface area contributed by atoms with E-state index in [9.17, 15) is 13.2 Å². The van der Waals surface area contributed by atoms with Crippen LogP contribution in [0.5, 0.6) is 0 Å². The molecule has 0 bridgehead atoms. The molecule has 0 radical (unpaired) electrons.